The van der Waals surface area contributed by atoms with Crippen molar-refractivity contribution in [3.8, 4) is 0 Å². The molecule has 0 amide bonds. The average molecular weight is 237 g/mol. The molecule has 1 aromatic carbocycles. The molecule has 94 valence electrons. The van der Waals surface area contributed by atoms with Gasteiger partial charge in [0.1, 0.15) is 0 Å². The molecule has 4 heteroatoms. The molecular formula is C13H19NO3. The average Bonchev–Trinajstić information content (AvgIpc) is 2.28. The lowest BCUT2D eigenvalue weighted by Crippen LogP contribution is -2.41. The van der Waals surface area contributed by atoms with E-state index in [-0.39, 0.29) is 6.42 Å². The van der Waals surface area contributed by atoms with Crippen LogP contribution in [0.15, 0.2) is 30.3 Å². The molecule has 0 saturated heterocycles. The van der Waals surface area contributed by atoms with Crippen molar-refractivity contribution in [3.63, 3.8) is 0 Å². The summed E-state index contributed by atoms with van der Waals surface area (Å²) in [6.45, 7) is 2.66. The Labute approximate surface area is 101 Å². The number of nitrogens with two attached hydrogens (primary N) is 1. The van der Waals surface area contributed by atoms with Crippen LogP contribution in [-0.2, 0) is 16.1 Å². The molecule has 1 unspecified atom stereocenters. The zero-order chi connectivity index (χ0) is 12.7. The maximum Gasteiger partial charge on any atom is 0.303 e. The number of ether oxygens (including phenoxy) is 1. The molecule has 0 spiro atoms. The Bertz CT molecular complexity index is 349. The molecule has 0 saturated carbocycles. The Balaban J connectivity index is 2.27. The second-order valence-corrected chi connectivity index (χ2v) is 4.53. The fourth-order valence-corrected chi connectivity index (χ4v) is 1.44. The van der Waals surface area contributed by atoms with Crippen molar-refractivity contribution in [2.75, 3.05) is 6.61 Å². The van der Waals surface area contributed by atoms with Gasteiger partial charge in [-0.1, -0.05) is 30.3 Å². The summed E-state index contributed by atoms with van der Waals surface area (Å²) in [4.78, 5) is 10.4. The smallest absolute Gasteiger partial charge is 0.303 e. The molecule has 1 rings (SSSR count). The first kappa shape index (κ1) is 13.7. The van der Waals surface area contributed by atoms with E-state index in [4.69, 9.17) is 15.6 Å². The molecule has 0 fully saturated rings. The Kier molecular flexibility index (Phi) is 5.12. The molecule has 1 aromatic rings. The van der Waals surface area contributed by atoms with Gasteiger partial charge >= 0.3 is 5.97 Å². The van der Waals surface area contributed by atoms with Gasteiger partial charge in [-0.2, -0.15) is 0 Å². The van der Waals surface area contributed by atoms with Crippen molar-refractivity contribution in [1.29, 1.82) is 0 Å². The lowest BCUT2D eigenvalue weighted by Gasteiger charge is -2.23. The minimum atomic E-state index is -0.829. The van der Waals surface area contributed by atoms with Crippen molar-refractivity contribution in [2.24, 2.45) is 5.73 Å². The maximum atomic E-state index is 10.4. The van der Waals surface area contributed by atoms with Crippen LogP contribution in [0.3, 0.4) is 0 Å². The normalized spacial score (nSPS) is 14.2. The molecular weight excluding hydrogens is 218 g/mol. The SMILES string of the molecule is CC(N)(CCC(=O)O)COCc1ccccc1. The van der Waals surface area contributed by atoms with E-state index in [1.807, 2.05) is 30.3 Å². The molecule has 3 N–H and O–H groups in total. The van der Waals surface area contributed by atoms with E-state index in [2.05, 4.69) is 0 Å². The Morgan fingerprint density at radius 3 is 2.65 bits per heavy atom. The summed E-state index contributed by atoms with van der Waals surface area (Å²) in [6, 6.07) is 9.80. The van der Waals surface area contributed by atoms with Gasteiger partial charge < -0.3 is 15.6 Å². The lowest BCUT2D eigenvalue weighted by atomic mass is 9.98. The van der Waals surface area contributed by atoms with Gasteiger partial charge in [0.2, 0.25) is 0 Å². The largest absolute Gasteiger partial charge is 0.481 e. The maximum absolute atomic E-state index is 10.4. The predicted octanol–water partition coefficient (Wildman–Crippen LogP) is 1.79. The second kappa shape index (κ2) is 6.37. The van der Waals surface area contributed by atoms with Gasteiger partial charge in [-0.25, -0.2) is 0 Å². The van der Waals surface area contributed by atoms with Crippen molar-refractivity contribution < 1.29 is 14.6 Å². The van der Waals surface area contributed by atoms with Gasteiger partial charge in [-0.15, -0.1) is 0 Å². The highest BCUT2D eigenvalue weighted by atomic mass is 16.5. The second-order valence-electron chi connectivity index (χ2n) is 4.53. The molecule has 0 aromatic heterocycles. The third-order valence-corrected chi connectivity index (χ3v) is 2.45. The van der Waals surface area contributed by atoms with Crippen LogP contribution in [0.1, 0.15) is 25.3 Å². The van der Waals surface area contributed by atoms with E-state index in [1.54, 1.807) is 6.92 Å². The van der Waals surface area contributed by atoms with Gasteiger partial charge in [-0.3, -0.25) is 4.79 Å². The first-order valence-corrected chi connectivity index (χ1v) is 5.62. The highest BCUT2D eigenvalue weighted by molar-refractivity contribution is 5.66. The quantitative estimate of drug-likeness (QED) is 0.758. The van der Waals surface area contributed by atoms with Crippen LogP contribution in [0.2, 0.25) is 0 Å². The van der Waals surface area contributed by atoms with Gasteiger partial charge in [-0.05, 0) is 18.9 Å². The predicted molar refractivity (Wildman–Crippen MR) is 65.6 cm³/mol. The minimum Gasteiger partial charge on any atom is -0.481 e. The molecule has 0 bridgehead atoms. The highest BCUT2D eigenvalue weighted by Gasteiger charge is 2.19. The summed E-state index contributed by atoms with van der Waals surface area (Å²) >= 11 is 0. The molecule has 4 nitrogen and oxygen atoms in total. The van der Waals surface area contributed by atoms with Crippen LogP contribution in [0, 0.1) is 0 Å². The lowest BCUT2D eigenvalue weighted by molar-refractivity contribution is -0.137. The standard InChI is InChI=1S/C13H19NO3/c1-13(14,8-7-12(15)16)10-17-9-11-5-3-2-4-6-11/h2-6H,7-10,14H2,1H3,(H,15,16). The minimum absolute atomic E-state index is 0.0711. The van der Waals surface area contributed by atoms with E-state index >= 15 is 0 Å². The van der Waals surface area contributed by atoms with Crippen LogP contribution < -0.4 is 5.73 Å². The van der Waals surface area contributed by atoms with Crippen LogP contribution in [0.5, 0.6) is 0 Å². The number of carboxylic acids is 1. The number of rotatable bonds is 7. The Hall–Kier alpha value is -1.39. The van der Waals surface area contributed by atoms with Gasteiger partial charge in [0.15, 0.2) is 0 Å². The number of benzene rings is 1. The van der Waals surface area contributed by atoms with Crippen molar-refractivity contribution >= 4 is 5.97 Å². The number of carboxylic acid groups (broad SMARTS) is 1. The number of aliphatic carboxylic acids is 1. The highest BCUT2D eigenvalue weighted by Crippen LogP contribution is 2.11. The van der Waals surface area contributed by atoms with Crippen molar-refractivity contribution in [2.45, 2.75) is 31.9 Å². The molecule has 0 aliphatic rings. The third kappa shape index (κ3) is 6.04. The fraction of sp³-hybridized carbons (Fsp3) is 0.462. The van der Waals surface area contributed by atoms with E-state index in [1.165, 1.54) is 0 Å². The fourth-order valence-electron chi connectivity index (χ4n) is 1.44. The zero-order valence-corrected chi connectivity index (χ0v) is 10.1. The van der Waals surface area contributed by atoms with Gasteiger partial charge in [0.25, 0.3) is 0 Å². The van der Waals surface area contributed by atoms with Crippen LogP contribution in [0.4, 0.5) is 0 Å². The van der Waals surface area contributed by atoms with E-state index in [0.717, 1.165) is 5.56 Å². The van der Waals surface area contributed by atoms with Crippen LogP contribution in [0.25, 0.3) is 0 Å². The first-order valence-electron chi connectivity index (χ1n) is 5.62. The van der Waals surface area contributed by atoms with E-state index in [0.29, 0.717) is 19.6 Å². The molecule has 0 aliphatic carbocycles. The van der Waals surface area contributed by atoms with E-state index < -0.39 is 11.5 Å². The number of hydrogen-bond donors (Lipinski definition) is 2. The van der Waals surface area contributed by atoms with Crippen LogP contribution >= 0.6 is 0 Å². The topological polar surface area (TPSA) is 72.6 Å². The molecule has 0 heterocycles. The third-order valence-electron chi connectivity index (χ3n) is 2.45. The van der Waals surface area contributed by atoms with Crippen molar-refractivity contribution in [3.05, 3.63) is 35.9 Å². The van der Waals surface area contributed by atoms with Gasteiger partial charge in [0, 0.05) is 12.0 Å². The monoisotopic (exact) mass is 237 g/mol. The summed E-state index contributed by atoms with van der Waals surface area (Å²) in [5.41, 5.74) is 6.44. The summed E-state index contributed by atoms with van der Waals surface area (Å²) in [7, 11) is 0. The first-order chi connectivity index (χ1) is 7.99. The molecule has 1 atom stereocenters. The van der Waals surface area contributed by atoms with E-state index in [9.17, 15) is 4.79 Å². The Morgan fingerprint density at radius 1 is 1.41 bits per heavy atom. The van der Waals surface area contributed by atoms with Gasteiger partial charge in [0.05, 0.1) is 13.2 Å². The molecule has 0 aliphatic heterocycles. The summed E-state index contributed by atoms with van der Waals surface area (Å²) in [5.74, 6) is -0.829. The summed E-state index contributed by atoms with van der Waals surface area (Å²) in [5, 5.41) is 8.58. The van der Waals surface area contributed by atoms with Crippen molar-refractivity contribution in [1.82, 2.24) is 0 Å². The molecule has 17 heavy (non-hydrogen) atoms. The summed E-state index contributed by atoms with van der Waals surface area (Å²) in [6.07, 6.45) is 0.485. The summed E-state index contributed by atoms with van der Waals surface area (Å²) < 4.78 is 5.50. The van der Waals surface area contributed by atoms with Crippen LogP contribution in [-0.4, -0.2) is 23.2 Å². The zero-order valence-electron chi connectivity index (χ0n) is 10.1. The Morgan fingerprint density at radius 2 is 2.06 bits per heavy atom. The number of hydrogen-bond acceptors (Lipinski definition) is 3. The number of carbonyl (C=O) groups is 1. The molecule has 0 radical (unpaired) electrons.